The van der Waals surface area contributed by atoms with Gasteiger partial charge in [-0.2, -0.15) is 0 Å². The number of piperazine rings is 1. The van der Waals surface area contributed by atoms with Gasteiger partial charge in [-0.15, -0.1) is 0 Å². The molecule has 0 aliphatic carbocycles. The van der Waals surface area contributed by atoms with Crippen LogP contribution >= 0.6 is 0 Å². The molecule has 2 heterocycles. The van der Waals surface area contributed by atoms with Crippen molar-refractivity contribution in [2.24, 2.45) is 5.92 Å². The highest BCUT2D eigenvalue weighted by atomic mass is 16.5. The fraction of sp³-hybridized carbons (Fsp3) is 0.700. The maximum Gasteiger partial charge on any atom is 0.104 e. The van der Waals surface area contributed by atoms with Gasteiger partial charge in [0.15, 0.2) is 0 Å². The largest absolute Gasteiger partial charge is 0.384 e. The van der Waals surface area contributed by atoms with E-state index in [2.05, 4.69) is 23.6 Å². The van der Waals surface area contributed by atoms with Gasteiger partial charge in [-0.3, -0.25) is 9.80 Å². The van der Waals surface area contributed by atoms with Gasteiger partial charge in [-0.25, -0.2) is 0 Å². The molecule has 1 N–H and O–H groups in total. The van der Waals surface area contributed by atoms with E-state index in [-0.39, 0.29) is 5.92 Å². The molecular formula is C20H32N2O2. The summed E-state index contributed by atoms with van der Waals surface area (Å²) < 4.78 is 5.76. The van der Waals surface area contributed by atoms with Crippen molar-refractivity contribution < 1.29 is 9.84 Å². The maximum atomic E-state index is 11.3. The fourth-order valence-corrected chi connectivity index (χ4v) is 3.88. The third kappa shape index (κ3) is 4.17. The van der Waals surface area contributed by atoms with Crippen molar-refractivity contribution in [3.05, 3.63) is 35.9 Å². The highest BCUT2D eigenvalue weighted by molar-refractivity contribution is 5.23. The molecule has 0 amide bonds. The summed E-state index contributed by atoms with van der Waals surface area (Å²) in [4.78, 5) is 4.93. The third-order valence-corrected chi connectivity index (χ3v) is 5.64. The second kappa shape index (κ2) is 7.96. The number of hydrogen-bond acceptors (Lipinski definition) is 4. The number of hydrogen-bond donors (Lipinski definition) is 1. The third-order valence-electron chi connectivity index (χ3n) is 5.64. The lowest BCUT2D eigenvalue weighted by atomic mass is 9.82. The summed E-state index contributed by atoms with van der Waals surface area (Å²) in [6, 6.07) is 10.1. The van der Waals surface area contributed by atoms with Gasteiger partial charge in [0.05, 0.1) is 6.10 Å². The smallest absolute Gasteiger partial charge is 0.104 e. The lowest BCUT2D eigenvalue weighted by molar-refractivity contribution is -0.0513. The molecule has 2 aliphatic heterocycles. The van der Waals surface area contributed by atoms with E-state index in [0.717, 1.165) is 44.9 Å². The first-order valence-electron chi connectivity index (χ1n) is 9.42. The summed E-state index contributed by atoms with van der Waals surface area (Å²) in [5.74, 6) is 0.185. The molecule has 1 aromatic rings. The van der Waals surface area contributed by atoms with Crippen LogP contribution in [0.5, 0.6) is 0 Å². The highest BCUT2D eigenvalue weighted by Gasteiger charge is 2.36. The predicted octanol–water partition coefficient (Wildman–Crippen LogP) is 2.33. The molecule has 2 fully saturated rings. The van der Waals surface area contributed by atoms with Crippen LogP contribution in [0.25, 0.3) is 0 Å². The van der Waals surface area contributed by atoms with E-state index in [9.17, 15) is 5.11 Å². The van der Waals surface area contributed by atoms with Crippen molar-refractivity contribution >= 4 is 0 Å². The molecule has 2 aliphatic rings. The molecule has 4 heteroatoms. The van der Waals surface area contributed by atoms with Gasteiger partial charge in [-0.1, -0.05) is 44.2 Å². The molecule has 134 valence electrons. The van der Waals surface area contributed by atoms with E-state index in [4.69, 9.17) is 4.74 Å². The maximum absolute atomic E-state index is 11.3. The SMILES string of the molecule is CC(C)[C@@](O)(CN1CCN(C[C@@H]2CCCO2)CC1)c1ccccc1. The summed E-state index contributed by atoms with van der Waals surface area (Å²) in [7, 11) is 0. The molecule has 1 aromatic carbocycles. The second-order valence-corrected chi connectivity index (χ2v) is 7.66. The van der Waals surface area contributed by atoms with E-state index in [0.29, 0.717) is 12.6 Å². The van der Waals surface area contributed by atoms with E-state index in [1.807, 2.05) is 30.3 Å². The molecule has 2 atom stereocenters. The molecule has 0 spiro atoms. The minimum atomic E-state index is -0.780. The zero-order valence-corrected chi connectivity index (χ0v) is 15.2. The Labute approximate surface area is 146 Å². The molecule has 2 saturated heterocycles. The molecule has 4 nitrogen and oxygen atoms in total. The van der Waals surface area contributed by atoms with Crippen LogP contribution < -0.4 is 0 Å². The molecular weight excluding hydrogens is 300 g/mol. The van der Waals surface area contributed by atoms with E-state index in [1.165, 1.54) is 12.8 Å². The second-order valence-electron chi connectivity index (χ2n) is 7.66. The van der Waals surface area contributed by atoms with Gasteiger partial charge in [0, 0.05) is 45.9 Å². The van der Waals surface area contributed by atoms with E-state index < -0.39 is 5.60 Å². The van der Waals surface area contributed by atoms with Crippen LogP contribution in [0.1, 0.15) is 32.3 Å². The van der Waals surface area contributed by atoms with Crippen molar-refractivity contribution in [2.75, 3.05) is 45.9 Å². The van der Waals surface area contributed by atoms with Gasteiger partial charge in [-0.05, 0) is 24.3 Å². The van der Waals surface area contributed by atoms with Crippen LogP contribution in [-0.2, 0) is 10.3 Å². The average molecular weight is 332 g/mol. The topological polar surface area (TPSA) is 35.9 Å². The summed E-state index contributed by atoms with van der Waals surface area (Å²) in [5.41, 5.74) is 0.250. The zero-order chi connectivity index (χ0) is 17.0. The zero-order valence-electron chi connectivity index (χ0n) is 15.2. The summed E-state index contributed by atoms with van der Waals surface area (Å²) in [5, 5.41) is 11.3. The average Bonchev–Trinajstić information content (AvgIpc) is 3.10. The number of β-amino-alcohol motifs (C(OH)–C–C–N with tert-alkyl or cyclic N) is 1. The van der Waals surface area contributed by atoms with Crippen LogP contribution in [-0.4, -0.2) is 66.9 Å². The Bertz CT molecular complexity index is 494. The number of benzene rings is 1. The van der Waals surface area contributed by atoms with Crippen LogP contribution in [0.2, 0.25) is 0 Å². The Morgan fingerprint density at radius 2 is 1.79 bits per heavy atom. The lowest BCUT2D eigenvalue weighted by Crippen LogP contribution is -2.53. The number of aliphatic hydroxyl groups is 1. The van der Waals surface area contributed by atoms with E-state index >= 15 is 0 Å². The van der Waals surface area contributed by atoms with Crippen molar-refractivity contribution in [3.8, 4) is 0 Å². The first-order chi connectivity index (χ1) is 11.6. The van der Waals surface area contributed by atoms with Crippen LogP contribution in [0.15, 0.2) is 30.3 Å². The Hall–Kier alpha value is -0.940. The predicted molar refractivity (Wildman–Crippen MR) is 97.0 cm³/mol. The van der Waals surface area contributed by atoms with Crippen molar-refractivity contribution in [1.29, 1.82) is 0 Å². The fourth-order valence-electron chi connectivity index (χ4n) is 3.88. The van der Waals surface area contributed by atoms with Gasteiger partial charge >= 0.3 is 0 Å². The Morgan fingerprint density at radius 1 is 1.12 bits per heavy atom. The summed E-state index contributed by atoms with van der Waals surface area (Å²) in [6.45, 7) is 11.1. The quantitative estimate of drug-likeness (QED) is 0.867. The van der Waals surface area contributed by atoms with Crippen molar-refractivity contribution in [1.82, 2.24) is 9.80 Å². The summed E-state index contributed by atoms with van der Waals surface area (Å²) >= 11 is 0. The summed E-state index contributed by atoms with van der Waals surface area (Å²) in [6.07, 6.45) is 2.86. The van der Waals surface area contributed by atoms with Crippen molar-refractivity contribution in [3.63, 3.8) is 0 Å². The Kier molecular flexibility index (Phi) is 5.93. The van der Waals surface area contributed by atoms with Gasteiger partial charge < -0.3 is 9.84 Å². The molecule has 0 saturated carbocycles. The number of nitrogens with zero attached hydrogens (tertiary/aromatic N) is 2. The molecule has 0 aromatic heterocycles. The first-order valence-corrected chi connectivity index (χ1v) is 9.42. The van der Waals surface area contributed by atoms with Crippen LogP contribution in [0.4, 0.5) is 0 Å². The molecule has 0 bridgehead atoms. The highest BCUT2D eigenvalue weighted by Crippen LogP contribution is 2.31. The molecule has 0 unspecified atom stereocenters. The normalized spacial score (nSPS) is 25.9. The Balaban J connectivity index is 1.55. The first kappa shape index (κ1) is 17.9. The van der Waals surface area contributed by atoms with Gasteiger partial charge in [0.1, 0.15) is 5.60 Å². The lowest BCUT2D eigenvalue weighted by Gasteiger charge is -2.42. The molecule has 0 radical (unpaired) electrons. The molecule has 3 rings (SSSR count). The number of rotatable bonds is 6. The van der Waals surface area contributed by atoms with Gasteiger partial charge in [0.25, 0.3) is 0 Å². The monoisotopic (exact) mass is 332 g/mol. The van der Waals surface area contributed by atoms with Gasteiger partial charge in [0.2, 0.25) is 0 Å². The van der Waals surface area contributed by atoms with Crippen LogP contribution in [0, 0.1) is 5.92 Å². The van der Waals surface area contributed by atoms with Crippen LogP contribution in [0.3, 0.4) is 0 Å². The standard InChI is InChI=1S/C20H32N2O2/c1-17(2)20(23,18-7-4-3-5-8-18)16-22-12-10-21(11-13-22)15-19-9-6-14-24-19/h3-5,7-8,17,19,23H,6,9-16H2,1-2H3/t19-,20-/m0/s1. The van der Waals surface area contributed by atoms with E-state index in [1.54, 1.807) is 0 Å². The Morgan fingerprint density at radius 3 is 2.38 bits per heavy atom. The minimum absolute atomic E-state index is 0.185. The molecule has 24 heavy (non-hydrogen) atoms. The number of ether oxygens (including phenoxy) is 1. The minimum Gasteiger partial charge on any atom is -0.384 e. The van der Waals surface area contributed by atoms with Crippen molar-refractivity contribution in [2.45, 2.75) is 38.4 Å².